The second-order valence-electron chi connectivity index (χ2n) is 5.76. The van der Waals surface area contributed by atoms with Crippen molar-refractivity contribution in [3.05, 3.63) is 0 Å². The van der Waals surface area contributed by atoms with Crippen LogP contribution in [0, 0.1) is 5.92 Å². The summed E-state index contributed by atoms with van der Waals surface area (Å²) in [5.41, 5.74) is -0.123. The minimum atomic E-state index is -0.556. The van der Waals surface area contributed by atoms with Gasteiger partial charge in [-0.25, -0.2) is 4.79 Å². The maximum absolute atomic E-state index is 12.5. The van der Waals surface area contributed by atoms with E-state index in [4.69, 9.17) is 0 Å². The minimum absolute atomic E-state index is 0. The molecule has 1 rings (SSSR count). The van der Waals surface area contributed by atoms with Gasteiger partial charge in [0, 0.05) is 13.5 Å². The summed E-state index contributed by atoms with van der Waals surface area (Å²) in [5, 5.41) is 2.63. The number of carbonyl (C=O) groups excluding carboxylic acids is 2. The van der Waals surface area contributed by atoms with Crippen LogP contribution in [0.3, 0.4) is 0 Å². The average Bonchev–Trinajstić information content (AvgIpc) is 2.64. The molecule has 0 radical (unpaired) electrons. The van der Waals surface area contributed by atoms with Gasteiger partial charge in [-0.3, -0.25) is 4.79 Å². The number of ether oxygens (including phenoxy) is 1. The van der Waals surface area contributed by atoms with E-state index in [1.165, 1.54) is 7.11 Å². The van der Waals surface area contributed by atoms with Crippen molar-refractivity contribution in [2.75, 3.05) is 13.7 Å². The smallest absolute Gasteiger partial charge is 0.407 e. The molecule has 1 heterocycles. The van der Waals surface area contributed by atoms with Gasteiger partial charge in [0.15, 0.2) is 0 Å². The Morgan fingerprint density at radius 1 is 1.39 bits per heavy atom. The molecule has 5 nitrogen and oxygen atoms in total. The fraction of sp³-hybridized carbons (Fsp3) is 0.846. The van der Waals surface area contributed by atoms with E-state index < -0.39 is 12.1 Å². The van der Waals surface area contributed by atoms with Gasteiger partial charge in [-0.2, -0.15) is 0 Å². The van der Waals surface area contributed by atoms with Crippen molar-refractivity contribution in [2.45, 2.75) is 52.1 Å². The molecule has 106 valence electrons. The summed E-state index contributed by atoms with van der Waals surface area (Å²) in [6.07, 6.45) is 1.46. The van der Waals surface area contributed by atoms with Crippen LogP contribution in [0.15, 0.2) is 0 Å². The Morgan fingerprint density at radius 2 is 2.00 bits per heavy atom. The summed E-state index contributed by atoms with van der Waals surface area (Å²) in [4.78, 5) is 25.7. The number of amides is 2. The van der Waals surface area contributed by atoms with Gasteiger partial charge in [-0.1, -0.05) is 13.8 Å². The normalized spacial score (nSPS) is 19.8. The summed E-state index contributed by atoms with van der Waals surface area (Å²) in [6, 6.07) is -0.519. The molecule has 1 N–H and O–H groups in total. The lowest BCUT2D eigenvalue weighted by molar-refractivity contribution is -0.137. The van der Waals surface area contributed by atoms with Crippen LogP contribution in [-0.2, 0) is 9.53 Å². The molecule has 1 saturated heterocycles. The molecule has 0 saturated carbocycles. The van der Waals surface area contributed by atoms with E-state index in [1.54, 1.807) is 0 Å². The van der Waals surface area contributed by atoms with E-state index in [-0.39, 0.29) is 18.8 Å². The van der Waals surface area contributed by atoms with E-state index >= 15 is 0 Å². The minimum Gasteiger partial charge on any atom is -0.453 e. The van der Waals surface area contributed by atoms with E-state index in [9.17, 15) is 9.59 Å². The summed E-state index contributed by atoms with van der Waals surface area (Å²) in [7, 11) is 1.30. The Bertz CT molecular complexity index is 332. The first-order valence-electron chi connectivity index (χ1n) is 6.45. The van der Waals surface area contributed by atoms with E-state index in [0.29, 0.717) is 0 Å². The Morgan fingerprint density at radius 3 is 2.39 bits per heavy atom. The van der Waals surface area contributed by atoms with Gasteiger partial charge in [0.1, 0.15) is 6.04 Å². The molecule has 1 atom stereocenters. The predicted molar refractivity (Wildman–Crippen MR) is 71.3 cm³/mol. The quantitative estimate of drug-likeness (QED) is 0.842. The number of nitrogens with zero attached hydrogens (tertiary/aromatic N) is 1. The largest absolute Gasteiger partial charge is 0.453 e. The number of rotatable bonds is 3. The Labute approximate surface area is 110 Å². The number of alkyl carbamates (subject to hydrolysis) is 1. The third kappa shape index (κ3) is 3.15. The second kappa shape index (κ2) is 5.59. The summed E-state index contributed by atoms with van der Waals surface area (Å²) < 4.78 is 4.57. The highest BCUT2D eigenvalue weighted by Crippen LogP contribution is 2.29. The molecule has 0 spiro atoms. The number of hydrogen-bond donors (Lipinski definition) is 1. The monoisotopic (exact) mass is 258 g/mol. The fourth-order valence-electron chi connectivity index (χ4n) is 2.38. The highest BCUT2D eigenvalue weighted by atomic mass is 16.5. The number of hydrogen-bond acceptors (Lipinski definition) is 3. The van der Waals surface area contributed by atoms with Gasteiger partial charge < -0.3 is 15.0 Å². The molecule has 0 aromatic carbocycles. The van der Waals surface area contributed by atoms with Crippen LogP contribution < -0.4 is 5.32 Å². The summed E-state index contributed by atoms with van der Waals surface area (Å²) in [6.45, 7) is 8.72. The van der Waals surface area contributed by atoms with Crippen LogP contribution in [0.4, 0.5) is 4.79 Å². The zero-order valence-electron chi connectivity index (χ0n) is 11.9. The number of likely N-dealkylation sites (tertiary alicyclic amines) is 1. The van der Waals surface area contributed by atoms with Crippen LogP contribution in [0.1, 0.15) is 42.0 Å². The van der Waals surface area contributed by atoms with E-state index in [2.05, 4.69) is 23.9 Å². The van der Waals surface area contributed by atoms with Gasteiger partial charge in [-0.05, 0) is 32.6 Å². The lowest BCUT2D eigenvalue weighted by Gasteiger charge is -2.35. The second-order valence-corrected chi connectivity index (χ2v) is 5.76. The van der Waals surface area contributed by atoms with Gasteiger partial charge >= 0.3 is 6.09 Å². The van der Waals surface area contributed by atoms with Crippen LogP contribution in [0.5, 0.6) is 0 Å². The molecule has 5 heteroatoms. The van der Waals surface area contributed by atoms with Crippen LogP contribution in [0.2, 0.25) is 0 Å². The Balaban J connectivity index is 0.00000324. The number of nitrogens with one attached hydrogen (secondary N) is 1. The summed E-state index contributed by atoms with van der Waals surface area (Å²) >= 11 is 0. The first kappa shape index (κ1) is 14.8. The molecular formula is C13H26N2O3. The molecule has 18 heavy (non-hydrogen) atoms. The Hall–Kier alpha value is -1.26. The fourth-order valence-corrected chi connectivity index (χ4v) is 2.38. The van der Waals surface area contributed by atoms with E-state index in [0.717, 1.165) is 19.4 Å². The third-order valence-electron chi connectivity index (χ3n) is 3.56. The van der Waals surface area contributed by atoms with Crippen molar-refractivity contribution < 1.29 is 15.8 Å². The Kier molecular flexibility index (Phi) is 4.59. The number of methoxy groups -OCH3 is 1. The molecule has 1 aliphatic heterocycles. The third-order valence-corrected chi connectivity index (χ3v) is 3.56. The SMILES string of the molecule is COC(=O)NC(C(=O)N1CCCC1(C)C)C(C)C.[HH]. The highest BCUT2D eigenvalue weighted by molar-refractivity contribution is 5.86. The lowest BCUT2D eigenvalue weighted by Crippen LogP contribution is -2.55. The first-order chi connectivity index (χ1) is 8.29. The standard InChI is InChI=1S/C13H24N2O3.H2/c1-9(2)10(14-12(17)18-5)11(16)15-8-6-7-13(15,3)4;/h9-10H,6-8H2,1-5H3,(H,14,17);1H. The van der Waals surface area contributed by atoms with Crippen molar-refractivity contribution in [1.82, 2.24) is 10.2 Å². The van der Waals surface area contributed by atoms with Crippen molar-refractivity contribution >= 4 is 12.0 Å². The molecule has 0 aromatic heterocycles. The van der Waals surface area contributed by atoms with Crippen LogP contribution in [0.25, 0.3) is 0 Å². The lowest BCUT2D eigenvalue weighted by atomic mass is 9.98. The zero-order valence-corrected chi connectivity index (χ0v) is 11.9. The first-order valence-corrected chi connectivity index (χ1v) is 6.45. The average molecular weight is 258 g/mol. The van der Waals surface area contributed by atoms with Gasteiger partial charge in [0.05, 0.1) is 7.11 Å². The zero-order chi connectivity index (χ0) is 13.9. The van der Waals surface area contributed by atoms with Gasteiger partial charge in [-0.15, -0.1) is 0 Å². The predicted octanol–water partition coefficient (Wildman–Crippen LogP) is 2.01. The molecule has 0 bridgehead atoms. The van der Waals surface area contributed by atoms with Crippen molar-refractivity contribution in [3.63, 3.8) is 0 Å². The molecule has 1 fully saturated rings. The maximum atomic E-state index is 12.5. The molecular weight excluding hydrogens is 232 g/mol. The van der Waals surface area contributed by atoms with Crippen LogP contribution >= 0.6 is 0 Å². The van der Waals surface area contributed by atoms with Crippen molar-refractivity contribution in [1.29, 1.82) is 0 Å². The molecule has 2 amide bonds. The van der Waals surface area contributed by atoms with Gasteiger partial charge in [0.2, 0.25) is 5.91 Å². The molecule has 1 unspecified atom stereocenters. The van der Waals surface area contributed by atoms with Crippen molar-refractivity contribution in [3.8, 4) is 0 Å². The molecule has 1 aliphatic rings. The van der Waals surface area contributed by atoms with Crippen LogP contribution in [-0.4, -0.2) is 42.1 Å². The molecule has 0 aliphatic carbocycles. The van der Waals surface area contributed by atoms with E-state index in [1.807, 2.05) is 18.7 Å². The van der Waals surface area contributed by atoms with Crippen molar-refractivity contribution in [2.24, 2.45) is 5.92 Å². The number of carbonyl (C=O) groups is 2. The topological polar surface area (TPSA) is 58.6 Å². The maximum Gasteiger partial charge on any atom is 0.407 e. The summed E-state index contributed by atoms with van der Waals surface area (Å²) in [5.74, 6) is 0.0194. The highest BCUT2D eigenvalue weighted by Gasteiger charge is 2.39. The molecule has 0 aromatic rings. The van der Waals surface area contributed by atoms with Gasteiger partial charge in [0.25, 0.3) is 0 Å².